The molecule has 0 saturated heterocycles. The summed E-state index contributed by atoms with van der Waals surface area (Å²) in [6.07, 6.45) is 5.02. The third-order valence-electron chi connectivity index (χ3n) is 2.64. The van der Waals surface area contributed by atoms with Crippen molar-refractivity contribution < 1.29 is 8.42 Å². The Morgan fingerprint density at radius 1 is 1.53 bits per heavy atom. The normalized spacial score (nSPS) is 11.9. The summed E-state index contributed by atoms with van der Waals surface area (Å²) < 4.78 is 28.1. The van der Waals surface area contributed by atoms with Gasteiger partial charge in [0.1, 0.15) is 0 Å². The molecule has 4 N–H and O–H groups in total. The van der Waals surface area contributed by atoms with Crippen molar-refractivity contribution in [3.63, 3.8) is 0 Å². The molecule has 7 nitrogen and oxygen atoms in total. The van der Waals surface area contributed by atoms with Gasteiger partial charge in [-0.1, -0.05) is 0 Å². The number of hydrogen-bond donors (Lipinski definition) is 3. The molecule has 0 aliphatic heterocycles. The van der Waals surface area contributed by atoms with Crippen molar-refractivity contribution >= 4 is 10.0 Å². The molecule has 0 unspecified atom stereocenters. The molecule has 2 aromatic heterocycles. The summed E-state index contributed by atoms with van der Waals surface area (Å²) in [5.41, 5.74) is 7.15. The minimum atomic E-state index is -3.49. The summed E-state index contributed by atoms with van der Waals surface area (Å²) >= 11 is 0. The largest absolute Gasteiger partial charge is 0.363 e. The van der Waals surface area contributed by atoms with Crippen LogP contribution in [0.3, 0.4) is 0 Å². The standard InChI is InChI=1S/C11H17N5O2S/c1-9-6-14-16(8-9)3-2-15-19(17,18)11-4-10(5-12)13-7-11/h4,6-8,13,15H,2-3,5,12H2,1H3. The van der Waals surface area contributed by atoms with Gasteiger partial charge in [0.2, 0.25) is 10.0 Å². The third-order valence-corrected chi connectivity index (χ3v) is 4.08. The van der Waals surface area contributed by atoms with E-state index >= 15 is 0 Å². The zero-order valence-corrected chi connectivity index (χ0v) is 11.4. The number of rotatable bonds is 6. The molecular formula is C11H17N5O2S. The third kappa shape index (κ3) is 3.43. The first-order valence-corrected chi connectivity index (χ1v) is 7.35. The lowest BCUT2D eigenvalue weighted by atomic mass is 10.4. The maximum atomic E-state index is 12.0. The lowest BCUT2D eigenvalue weighted by Crippen LogP contribution is -2.27. The summed E-state index contributed by atoms with van der Waals surface area (Å²) in [6, 6.07) is 1.53. The van der Waals surface area contributed by atoms with E-state index in [-0.39, 0.29) is 18.0 Å². The van der Waals surface area contributed by atoms with Gasteiger partial charge in [-0.25, -0.2) is 13.1 Å². The quantitative estimate of drug-likeness (QED) is 0.691. The highest BCUT2D eigenvalue weighted by molar-refractivity contribution is 7.89. The molecule has 0 aromatic carbocycles. The molecule has 0 aliphatic rings. The second-order valence-corrected chi connectivity index (χ2v) is 6.01. The van der Waals surface area contributed by atoms with Gasteiger partial charge in [-0.3, -0.25) is 4.68 Å². The fourth-order valence-electron chi connectivity index (χ4n) is 1.66. The van der Waals surface area contributed by atoms with Crippen LogP contribution < -0.4 is 10.5 Å². The Kier molecular flexibility index (Phi) is 4.03. The first-order valence-electron chi connectivity index (χ1n) is 5.87. The van der Waals surface area contributed by atoms with E-state index < -0.39 is 10.0 Å². The van der Waals surface area contributed by atoms with Gasteiger partial charge in [0.15, 0.2) is 0 Å². The van der Waals surface area contributed by atoms with Crippen LogP contribution >= 0.6 is 0 Å². The molecular weight excluding hydrogens is 266 g/mol. The molecule has 19 heavy (non-hydrogen) atoms. The van der Waals surface area contributed by atoms with Crippen molar-refractivity contribution in [1.29, 1.82) is 0 Å². The lowest BCUT2D eigenvalue weighted by Gasteiger charge is -2.04. The van der Waals surface area contributed by atoms with Gasteiger partial charge in [0.05, 0.1) is 17.6 Å². The first kappa shape index (κ1) is 13.8. The summed E-state index contributed by atoms with van der Waals surface area (Å²) in [4.78, 5) is 3.01. The molecule has 2 rings (SSSR count). The van der Waals surface area contributed by atoms with Gasteiger partial charge in [0, 0.05) is 31.2 Å². The molecule has 2 aromatic rings. The minimum Gasteiger partial charge on any atom is -0.363 e. The van der Waals surface area contributed by atoms with E-state index in [1.807, 2.05) is 13.1 Å². The second kappa shape index (κ2) is 5.55. The summed E-state index contributed by atoms with van der Waals surface area (Å²) in [5.74, 6) is 0. The number of aromatic amines is 1. The topological polar surface area (TPSA) is 106 Å². The van der Waals surface area contributed by atoms with Gasteiger partial charge in [-0.2, -0.15) is 5.10 Å². The number of nitrogens with two attached hydrogens (primary N) is 1. The molecule has 0 saturated carbocycles. The Morgan fingerprint density at radius 2 is 2.32 bits per heavy atom. The Bertz CT molecular complexity index is 644. The fraction of sp³-hybridized carbons (Fsp3) is 0.364. The highest BCUT2D eigenvalue weighted by Gasteiger charge is 2.15. The molecule has 0 fully saturated rings. The van der Waals surface area contributed by atoms with E-state index in [1.54, 1.807) is 10.9 Å². The first-order chi connectivity index (χ1) is 9.01. The van der Waals surface area contributed by atoms with Gasteiger partial charge >= 0.3 is 0 Å². The van der Waals surface area contributed by atoms with E-state index in [4.69, 9.17) is 5.73 Å². The van der Waals surface area contributed by atoms with Crippen LogP contribution in [-0.2, 0) is 23.1 Å². The number of aromatic nitrogens is 3. The molecule has 2 heterocycles. The Balaban J connectivity index is 1.94. The average Bonchev–Trinajstić information content (AvgIpc) is 2.98. The van der Waals surface area contributed by atoms with Crippen molar-refractivity contribution in [2.24, 2.45) is 5.73 Å². The maximum absolute atomic E-state index is 12.0. The summed E-state index contributed by atoms with van der Waals surface area (Å²) in [5, 5.41) is 4.08. The zero-order valence-electron chi connectivity index (χ0n) is 10.6. The van der Waals surface area contributed by atoms with Crippen LogP contribution in [0.4, 0.5) is 0 Å². The van der Waals surface area contributed by atoms with Crippen LogP contribution in [0, 0.1) is 6.92 Å². The van der Waals surface area contributed by atoms with E-state index in [0.29, 0.717) is 12.2 Å². The van der Waals surface area contributed by atoms with Crippen molar-refractivity contribution in [2.45, 2.75) is 24.9 Å². The smallest absolute Gasteiger partial charge is 0.242 e. The van der Waals surface area contributed by atoms with Crippen molar-refractivity contribution in [2.75, 3.05) is 6.54 Å². The van der Waals surface area contributed by atoms with Crippen LogP contribution in [-0.4, -0.2) is 29.7 Å². The van der Waals surface area contributed by atoms with Crippen LogP contribution in [0.5, 0.6) is 0 Å². The van der Waals surface area contributed by atoms with Crippen LogP contribution in [0.25, 0.3) is 0 Å². The molecule has 104 valence electrons. The maximum Gasteiger partial charge on any atom is 0.242 e. The number of sulfonamides is 1. The van der Waals surface area contributed by atoms with Crippen molar-refractivity contribution in [1.82, 2.24) is 19.5 Å². The van der Waals surface area contributed by atoms with E-state index in [9.17, 15) is 8.42 Å². The molecule has 0 radical (unpaired) electrons. The summed E-state index contributed by atoms with van der Waals surface area (Å²) in [7, 11) is -3.49. The lowest BCUT2D eigenvalue weighted by molar-refractivity contribution is 0.561. The molecule has 8 heteroatoms. The highest BCUT2D eigenvalue weighted by Crippen LogP contribution is 2.09. The number of hydrogen-bond acceptors (Lipinski definition) is 4. The molecule has 0 bridgehead atoms. The average molecular weight is 283 g/mol. The Labute approximate surface area is 111 Å². The Hall–Kier alpha value is -1.64. The molecule has 0 spiro atoms. The van der Waals surface area contributed by atoms with Crippen LogP contribution in [0.2, 0.25) is 0 Å². The van der Waals surface area contributed by atoms with Gasteiger partial charge in [-0.15, -0.1) is 0 Å². The van der Waals surface area contributed by atoms with Crippen LogP contribution in [0.1, 0.15) is 11.3 Å². The van der Waals surface area contributed by atoms with Crippen molar-refractivity contribution in [3.05, 3.63) is 35.9 Å². The molecule has 0 amide bonds. The predicted molar refractivity (Wildman–Crippen MR) is 70.8 cm³/mol. The number of nitrogens with one attached hydrogen (secondary N) is 2. The zero-order chi connectivity index (χ0) is 13.9. The fourth-order valence-corrected chi connectivity index (χ4v) is 2.70. The predicted octanol–water partition coefficient (Wildman–Crippen LogP) is -0.0432. The summed E-state index contributed by atoms with van der Waals surface area (Å²) in [6.45, 7) is 2.98. The highest BCUT2D eigenvalue weighted by atomic mass is 32.2. The van der Waals surface area contributed by atoms with Gasteiger partial charge < -0.3 is 10.7 Å². The van der Waals surface area contributed by atoms with E-state index in [2.05, 4.69) is 14.8 Å². The van der Waals surface area contributed by atoms with Crippen LogP contribution in [0.15, 0.2) is 29.6 Å². The number of nitrogens with zero attached hydrogens (tertiary/aromatic N) is 2. The van der Waals surface area contributed by atoms with Gasteiger partial charge in [0.25, 0.3) is 0 Å². The molecule has 0 atom stereocenters. The molecule has 0 aliphatic carbocycles. The van der Waals surface area contributed by atoms with E-state index in [0.717, 1.165) is 5.56 Å². The van der Waals surface area contributed by atoms with E-state index in [1.165, 1.54) is 12.3 Å². The van der Waals surface area contributed by atoms with Gasteiger partial charge in [-0.05, 0) is 18.6 Å². The second-order valence-electron chi connectivity index (χ2n) is 4.24. The Morgan fingerprint density at radius 3 is 2.89 bits per heavy atom. The SMILES string of the molecule is Cc1cnn(CCNS(=O)(=O)c2c[nH]c(CN)c2)c1. The number of aryl methyl sites for hydroxylation is 1. The monoisotopic (exact) mass is 283 g/mol. The van der Waals surface area contributed by atoms with Crippen molar-refractivity contribution in [3.8, 4) is 0 Å². The minimum absolute atomic E-state index is 0.199. The number of H-pyrrole nitrogens is 1.